The van der Waals surface area contributed by atoms with Crippen LogP contribution in [0.1, 0.15) is 28.9 Å². The Labute approximate surface area is 138 Å². The third-order valence-electron chi connectivity index (χ3n) is 4.78. The van der Waals surface area contributed by atoms with Crippen LogP contribution in [-0.4, -0.2) is 40.0 Å². The Hall–Kier alpha value is -2.83. The second kappa shape index (κ2) is 5.67. The standard InChI is InChI=1S/C17H18N4O3/c18-16(22)10-5-7-21(8-6-10)17(23)15-12-9-24-13-4-2-1-3-11(13)14(12)19-20-15/h1-4,10H,5-9H2,(H2,18,22)(H,19,20). The maximum Gasteiger partial charge on any atom is 0.272 e. The summed E-state index contributed by atoms with van der Waals surface area (Å²) in [6, 6.07) is 7.65. The van der Waals surface area contributed by atoms with Crippen LogP contribution in [0.3, 0.4) is 0 Å². The topological polar surface area (TPSA) is 101 Å². The molecule has 2 aliphatic heterocycles. The predicted molar refractivity (Wildman–Crippen MR) is 86.2 cm³/mol. The van der Waals surface area contributed by atoms with E-state index < -0.39 is 0 Å². The van der Waals surface area contributed by atoms with Crippen molar-refractivity contribution in [1.82, 2.24) is 15.1 Å². The molecule has 1 saturated heterocycles. The number of rotatable bonds is 2. The molecule has 7 nitrogen and oxygen atoms in total. The van der Waals surface area contributed by atoms with Crippen molar-refractivity contribution in [3.05, 3.63) is 35.5 Å². The van der Waals surface area contributed by atoms with E-state index in [1.165, 1.54) is 0 Å². The number of hydrogen-bond donors (Lipinski definition) is 2. The highest BCUT2D eigenvalue weighted by Crippen LogP contribution is 2.37. The summed E-state index contributed by atoms with van der Waals surface area (Å²) in [6.07, 6.45) is 1.22. The van der Waals surface area contributed by atoms with Gasteiger partial charge in [0.05, 0.1) is 0 Å². The van der Waals surface area contributed by atoms with Crippen molar-refractivity contribution < 1.29 is 14.3 Å². The zero-order valence-corrected chi connectivity index (χ0v) is 13.1. The number of nitrogens with two attached hydrogens (primary N) is 1. The van der Waals surface area contributed by atoms with Gasteiger partial charge < -0.3 is 15.4 Å². The van der Waals surface area contributed by atoms with Crippen LogP contribution in [0, 0.1) is 5.92 Å². The first-order valence-electron chi connectivity index (χ1n) is 8.03. The van der Waals surface area contributed by atoms with Gasteiger partial charge in [0.25, 0.3) is 5.91 Å². The summed E-state index contributed by atoms with van der Waals surface area (Å²) in [4.78, 5) is 25.8. The lowest BCUT2D eigenvalue weighted by Crippen LogP contribution is -2.42. The Morgan fingerprint density at radius 2 is 2.00 bits per heavy atom. The Morgan fingerprint density at radius 1 is 1.25 bits per heavy atom. The van der Waals surface area contributed by atoms with E-state index in [9.17, 15) is 9.59 Å². The number of aromatic nitrogens is 2. The number of H-pyrrole nitrogens is 1. The minimum Gasteiger partial charge on any atom is -0.488 e. The molecular weight excluding hydrogens is 308 g/mol. The summed E-state index contributed by atoms with van der Waals surface area (Å²) in [7, 11) is 0. The number of nitrogens with zero attached hydrogens (tertiary/aromatic N) is 2. The normalized spacial score (nSPS) is 16.9. The number of likely N-dealkylation sites (tertiary alicyclic amines) is 1. The number of benzene rings is 1. The SMILES string of the molecule is NC(=O)C1CCN(C(=O)c2[nH]nc3c2COc2ccccc2-3)CC1. The fourth-order valence-corrected chi connectivity index (χ4v) is 3.37. The molecule has 2 aromatic rings. The van der Waals surface area contributed by atoms with Crippen LogP contribution in [0.2, 0.25) is 0 Å². The van der Waals surface area contributed by atoms with E-state index >= 15 is 0 Å². The average Bonchev–Trinajstić information content (AvgIpc) is 3.05. The van der Waals surface area contributed by atoms with Gasteiger partial charge in [0, 0.05) is 30.1 Å². The van der Waals surface area contributed by atoms with Crippen molar-refractivity contribution in [1.29, 1.82) is 0 Å². The van der Waals surface area contributed by atoms with Crippen molar-refractivity contribution in [2.75, 3.05) is 13.1 Å². The van der Waals surface area contributed by atoms with Crippen molar-refractivity contribution in [3.8, 4) is 17.0 Å². The highest BCUT2D eigenvalue weighted by Gasteiger charge is 2.31. The fourth-order valence-electron chi connectivity index (χ4n) is 3.37. The number of primary amides is 1. The van der Waals surface area contributed by atoms with Gasteiger partial charge in [-0.15, -0.1) is 0 Å². The first-order chi connectivity index (χ1) is 11.6. The molecule has 0 radical (unpaired) electrons. The monoisotopic (exact) mass is 326 g/mol. The fraction of sp³-hybridized carbons (Fsp3) is 0.353. The summed E-state index contributed by atoms with van der Waals surface area (Å²) in [5.41, 5.74) is 8.26. The summed E-state index contributed by atoms with van der Waals surface area (Å²) in [5.74, 6) is 0.249. The van der Waals surface area contributed by atoms with Gasteiger partial charge in [0.15, 0.2) is 0 Å². The molecule has 124 valence electrons. The zero-order valence-electron chi connectivity index (χ0n) is 13.1. The maximum atomic E-state index is 12.8. The minimum atomic E-state index is -0.286. The first kappa shape index (κ1) is 14.7. The van der Waals surface area contributed by atoms with Crippen LogP contribution in [0.25, 0.3) is 11.3 Å². The highest BCUT2D eigenvalue weighted by atomic mass is 16.5. The van der Waals surface area contributed by atoms with Crippen LogP contribution >= 0.6 is 0 Å². The van der Waals surface area contributed by atoms with E-state index in [1.807, 2.05) is 24.3 Å². The quantitative estimate of drug-likeness (QED) is 0.868. The van der Waals surface area contributed by atoms with Crippen molar-refractivity contribution in [3.63, 3.8) is 0 Å². The Kier molecular flexibility index (Phi) is 3.48. The lowest BCUT2D eigenvalue weighted by Gasteiger charge is -2.30. The van der Waals surface area contributed by atoms with Gasteiger partial charge in [-0.1, -0.05) is 12.1 Å². The first-order valence-corrected chi connectivity index (χ1v) is 8.03. The molecule has 3 N–H and O–H groups in total. The number of nitrogens with one attached hydrogen (secondary N) is 1. The molecule has 0 saturated carbocycles. The van der Waals surface area contributed by atoms with Gasteiger partial charge in [0.1, 0.15) is 23.7 Å². The number of carbonyl (C=O) groups is 2. The van der Waals surface area contributed by atoms with E-state index in [1.54, 1.807) is 4.90 Å². The predicted octanol–water partition coefficient (Wildman–Crippen LogP) is 1.31. The van der Waals surface area contributed by atoms with Gasteiger partial charge in [-0.2, -0.15) is 5.10 Å². The summed E-state index contributed by atoms with van der Waals surface area (Å²) in [5, 5.41) is 7.21. The maximum absolute atomic E-state index is 12.8. The number of fused-ring (bicyclic) bond motifs is 3. The highest BCUT2D eigenvalue weighted by molar-refractivity contribution is 5.96. The van der Waals surface area contributed by atoms with Crippen LogP contribution in [-0.2, 0) is 11.4 Å². The lowest BCUT2D eigenvalue weighted by atomic mass is 9.95. The largest absolute Gasteiger partial charge is 0.488 e. The molecule has 4 rings (SSSR count). The molecule has 2 amide bonds. The Morgan fingerprint density at radius 3 is 2.75 bits per heavy atom. The van der Waals surface area contributed by atoms with Crippen LogP contribution in [0.4, 0.5) is 0 Å². The summed E-state index contributed by atoms with van der Waals surface area (Å²) < 4.78 is 5.74. The van der Waals surface area contributed by atoms with Crippen molar-refractivity contribution >= 4 is 11.8 Å². The molecule has 0 unspecified atom stereocenters. The molecule has 0 aliphatic carbocycles. The molecule has 0 atom stereocenters. The summed E-state index contributed by atoms with van der Waals surface area (Å²) >= 11 is 0. The minimum absolute atomic E-state index is 0.102. The molecule has 3 heterocycles. The molecule has 1 aromatic carbocycles. The number of hydrogen-bond acceptors (Lipinski definition) is 4. The number of ether oxygens (including phenoxy) is 1. The van der Waals surface area contributed by atoms with Gasteiger partial charge in [0.2, 0.25) is 5.91 Å². The lowest BCUT2D eigenvalue weighted by molar-refractivity contribution is -0.123. The van der Waals surface area contributed by atoms with Gasteiger partial charge in [-0.3, -0.25) is 14.7 Å². The molecule has 1 aromatic heterocycles. The molecular formula is C17H18N4O3. The van der Waals surface area contributed by atoms with Crippen molar-refractivity contribution in [2.45, 2.75) is 19.4 Å². The zero-order chi connectivity index (χ0) is 16.7. The average molecular weight is 326 g/mol. The molecule has 7 heteroatoms. The molecule has 0 spiro atoms. The van der Waals surface area contributed by atoms with E-state index in [-0.39, 0.29) is 17.7 Å². The van der Waals surface area contributed by atoms with E-state index in [0.717, 1.165) is 22.6 Å². The van der Waals surface area contributed by atoms with Gasteiger partial charge in [-0.25, -0.2) is 0 Å². The second-order valence-electron chi connectivity index (χ2n) is 6.18. The second-order valence-corrected chi connectivity index (χ2v) is 6.18. The Balaban J connectivity index is 1.58. The van der Waals surface area contributed by atoms with Gasteiger partial charge in [-0.05, 0) is 25.0 Å². The number of aromatic amines is 1. The van der Waals surface area contributed by atoms with Crippen LogP contribution in [0.15, 0.2) is 24.3 Å². The number of para-hydroxylation sites is 1. The molecule has 2 aliphatic rings. The van der Waals surface area contributed by atoms with Crippen LogP contribution in [0.5, 0.6) is 5.75 Å². The third-order valence-corrected chi connectivity index (χ3v) is 4.78. The number of amides is 2. The molecule has 1 fully saturated rings. The van der Waals surface area contributed by atoms with Gasteiger partial charge >= 0.3 is 0 Å². The molecule has 24 heavy (non-hydrogen) atoms. The van der Waals surface area contributed by atoms with E-state index in [2.05, 4.69) is 10.2 Å². The van der Waals surface area contributed by atoms with Crippen molar-refractivity contribution in [2.24, 2.45) is 11.7 Å². The van der Waals surface area contributed by atoms with Crippen LogP contribution < -0.4 is 10.5 Å². The number of carbonyl (C=O) groups excluding carboxylic acids is 2. The van der Waals surface area contributed by atoms with E-state index in [4.69, 9.17) is 10.5 Å². The molecule has 0 bridgehead atoms. The third kappa shape index (κ3) is 2.33. The van der Waals surface area contributed by atoms with E-state index in [0.29, 0.717) is 38.2 Å². The number of piperidine rings is 1. The summed E-state index contributed by atoms with van der Waals surface area (Å²) in [6.45, 7) is 1.37. The Bertz CT molecular complexity index is 806. The smallest absolute Gasteiger partial charge is 0.272 e.